The van der Waals surface area contributed by atoms with E-state index in [1.807, 2.05) is 32.0 Å². The fourth-order valence-corrected chi connectivity index (χ4v) is 8.00. The summed E-state index contributed by atoms with van der Waals surface area (Å²) in [6.07, 6.45) is 2.70. The molecule has 0 aliphatic carbocycles. The van der Waals surface area contributed by atoms with Gasteiger partial charge in [-0.2, -0.15) is 0 Å². The molecule has 1 aromatic carbocycles. The molecule has 1 spiro atoms. The van der Waals surface area contributed by atoms with E-state index < -0.39 is 22.6 Å². The van der Waals surface area contributed by atoms with Crippen molar-refractivity contribution in [1.29, 1.82) is 0 Å². The number of anilines is 1. The predicted octanol–water partition coefficient (Wildman–Crippen LogP) is 2.67. The first-order valence-corrected chi connectivity index (χ1v) is 12.4. The molecule has 2 bridgehead atoms. The maximum Gasteiger partial charge on any atom is 0.310 e. The molecule has 0 saturated carbocycles. The van der Waals surface area contributed by atoms with E-state index in [1.54, 1.807) is 23.6 Å². The first kappa shape index (κ1) is 23.1. The van der Waals surface area contributed by atoms with Crippen LogP contribution >= 0.6 is 11.8 Å². The van der Waals surface area contributed by atoms with Gasteiger partial charge in [0, 0.05) is 24.1 Å². The number of hydrogen-bond acceptors (Lipinski definition) is 6. The van der Waals surface area contributed by atoms with Crippen molar-refractivity contribution in [3.05, 3.63) is 29.3 Å². The Morgan fingerprint density at radius 1 is 1.28 bits per heavy atom. The Balaban J connectivity index is 1.69. The molecule has 5 atom stereocenters. The normalized spacial score (nSPS) is 30.5. The first-order valence-electron chi connectivity index (χ1n) is 11.5. The van der Waals surface area contributed by atoms with E-state index in [4.69, 9.17) is 4.74 Å². The number of aryl methyl sites for hydroxylation is 2. The highest BCUT2D eigenvalue weighted by atomic mass is 32.2. The largest absolute Gasteiger partial charge is 0.466 e. The van der Waals surface area contributed by atoms with Crippen LogP contribution in [0.3, 0.4) is 0 Å². The van der Waals surface area contributed by atoms with Gasteiger partial charge in [0.1, 0.15) is 6.04 Å². The monoisotopic (exact) mass is 460 g/mol. The smallest absolute Gasteiger partial charge is 0.310 e. The lowest BCUT2D eigenvalue weighted by Crippen LogP contribution is -2.51. The van der Waals surface area contributed by atoms with Crippen LogP contribution in [0.4, 0.5) is 5.69 Å². The number of likely N-dealkylation sites (tertiary alicyclic amines) is 1. The van der Waals surface area contributed by atoms with Crippen LogP contribution in [0.2, 0.25) is 0 Å². The van der Waals surface area contributed by atoms with Gasteiger partial charge in [-0.1, -0.05) is 18.2 Å². The van der Waals surface area contributed by atoms with Crippen molar-refractivity contribution < 1.29 is 24.2 Å². The Labute approximate surface area is 193 Å². The summed E-state index contributed by atoms with van der Waals surface area (Å²) < 4.78 is 4.72. The molecular formula is C24H32N2O5S. The van der Waals surface area contributed by atoms with E-state index >= 15 is 0 Å². The van der Waals surface area contributed by atoms with Crippen LogP contribution in [-0.2, 0) is 19.1 Å². The van der Waals surface area contributed by atoms with Crippen molar-refractivity contribution in [2.24, 2.45) is 11.8 Å². The molecule has 4 rings (SSSR count). The summed E-state index contributed by atoms with van der Waals surface area (Å²) in [6, 6.07) is 5.21. The molecule has 3 aliphatic heterocycles. The Kier molecular flexibility index (Phi) is 6.54. The third-order valence-electron chi connectivity index (χ3n) is 7.14. The lowest BCUT2D eigenvalue weighted by Gasteiger charge is -2.34. The molecule has 7 nitrogen and oxygen atoms in total. The molecular weight excluding hydrogens is 428 g/mol. The van der Waals surface area contributed by atoms with Crippen molar-refractivity contribution in [3.8, 4) is 0 Å². The van der Waals surface area contributed by atoms with Crippen LogP contribution in [0.5, 0.6) is 0 Å². The highest BCUT2D eigenvalue weighted by molar-refractivity contribution is 8.02. The SMILES string of the molecule is CCOC(=O)[C@@H]1[C@H]2C(=O)N(CCCCO)C(C(=O)Nc3c(C)cccc3C)C23CC[C@H]1S3. The number of esters is 1. The molecule has 2 N–H and O–H groups in total. The Bertz CT molecular complexity index is 901. The topological polar surface area (TPSA) is 95.9 Å². The van der Waals surface area contributed by atoms with Crippen LogP contribution in [0.25, 0.3) is 0 Å². The number of carbonyl (C=O) groups excluding carboxylic acids is 3. The summed E-state index contributed by atoms with van der Waals surface area (Å²) >= 11 is 1.64. The van der Waals surface area contributed by atoms with Gasteiger partial charge in [0.15, 0.2) is 0 Å². The van der Waals surface area contributed by atoms with Gasteiger partial charge in [0.05, 0.1) is 23.2 Å². The van der Waals surface area contributed by atoms with Crippen molar-refractivity contribution in [1.82, 2.24) is 4.90 Å². The molecule has 3 aliphatic rings. The van der Waals surface area contributed by atoms with E-state index in [0.717, 1.165) is 29.7 Å². The summed E-state index contributed by atoms with van der Waals surface area (Å²) in [4.78, 5) is 41.9. The van der Waals surface area contributed by atoms with Gasteiger partial charge in [0.25, 0.3) is 0 Å². The van der Waals surface area contributed by atoms with Gasteiger partial charge >= 0.3 is 5.97 Å². The van der Waals surface area contributed by atoms with E-state index in [2.05, 4.69) is 5.32 Å². The summed E-state index contributed by atoms with van der Waals surface area (Å²) in [5.74, 6) is -1.68. The van der Waals surface area contributed by atoms with Gasteiger partial charge in [-0.25, -0.2) is 0 Å². The third-order valence-corrected chi connectivity index (χ3v) is 9.10. The van der Waals surface area contributed by atoms with E-state index in [-0.39, 0.29) is 36.2 Å². The summed E-state index contributed by atoms with van der Waals surface area (Å²) in [7, 11) is 0. The minimum Gasteiger partial charge on any atom is -0.466 e. The predicted molar refractivity (Wildman–Crippen MR) is 123 cm³/mol. The van der Waals surface area contributed by atoms with Crippen LogP contribution < -0.4 is 5.32 Å². The van der Waals surface area contributed by atoms with Crippen molar-refractivity contribution in [3.63, 3.8) is 0 Å². The molecule has 2 unspecified atom stereocenters. The number of thioether (sulfide) groups is 1. The maximum atomic E-state index is 13.8. The fourth-order valence-electron chi connectivity index (χ4n) is 5.80. The third kappa shape index (κ3) is 3.61. The van der Waals surface area contributed by atoms with E-state index in [0.29, 0.717) is 19.4 Å². The average molecular weight is 461 g/mol. The lowest BCUT2D eigenvalue weighted by molar-refractivity contribution is -0.153. The second-order valence-electron chi connectivity index (χ2n) is 9.03. The van der Waals surface area contributed by atoms with E-state index in [9.17, 15) is 19.5 Å². The summed E-state index contributed by atoms with van der Waals surface area (Å²) in [5.41, 5.74) is 2.72. The van der Waals surface area contributed by atoms with Crippen molar-refractivity contribution in [2.45, 2.75) is 62.5 Å². The Morgan fingerprint density at radius 2 is 2.00 bits per heavy atom. The molecule has 3 saturated heterocycles. The number of unbranched alkanes of at least 4 members (excludes halogenated alkanes) is 1. The van der Waals surface area contributed by atoms with Gasteiger partial charge in [0.2, 0.25) is 11.8 Å². The molecule has 174 valence electrons. The zero-order valence-corrected chi connectivity index (χ0v) is 19.7. The Morgan fingerprint density at radius 3 is 2.66 bits per heavy atom. The zero-order valence-electron chi connectivity index (χ0n) is 18.9. The molecule has 1 aromatic rings. The molecule has 8 heteroatoms. The van der Waals surface area contributed by atoms with Crippen LogP contribution in [0, 0.1) is 25.7 Å². The van der Waals surface area contributed by atoms with Crippen molar-refractivity contribution >= 4 is 35.2 Å². The number of fused-ring (bicyclic) bond motifs is 1. The zero-order chi connectivity index (χ0) is 23.0. The number of nitrogens with one attached hydrogen (secondary N) is 1. The number of hydrogen-bond donors (Lipinski definition) is 2. The number of amides is 2. The molecule has 32 heavy (non-hydrogen) atoms. The van der Waals surface area contributed by atoms with E-state index in [1.165, 1.54) is 0 Å². The number of ether oxygens (including phenoxy) is 1. The second kappa shape index (κ2) is 9.06. The highest BCUT2D eigenvalue weighted by Crippen LogP contribution is 2.66. The van der Waals surface area contributed by atoms with Crippen LogP contribution in [0.1, 0.15) is 43.7 Å². The number of carbonyl (C=O) groups is 3. The molecule has 3 fully saturated rings. The minimum absolute atomic E-state index is 0.0121. The number of aliphatic hydroxyl groups excluding tert-OH is 1. The van der Waals surface area contributed by atoms with Crippen LogP contribution in [0.15, 0.2) is 18.2 Å². The summed E-state index contributed by atoms with van der Waals surface area (Å²) in [5, 5.41) is 12.3. The standard InChI is InChI=1S/C24H32N2O5S/c1-4-31-23(30)17-16-10-11-24(32-16)18(17)22(29)26(12-5-6-13-27)20(24)21(28)25-19-14(2)8-7-9-15(19)3/h7-9,16-18,20,27H,4-6,10-13H2,1-3H3,(H,25,28)/t16-,17+,18+,20?,24?/m1/s1. The Hall–Kier alpha value is -2.06. The van der Waals surface area contributed by atoms with Gasteiger partial charge in [-0.05, 0) is 57.6 Å². The molecule has 0 radical (unpaired) electrons. The highest BCUT2D eigenvalue weighted by Gasteiger charge is 2.73. The van der Waals surface area contributed by atoms with Gasteiger partial charge in [-0.3, -0.25) is 14.4 Å². The molecule has 0 aromatic heterocycles. The number of para-hydroxylation sites is 1. The second-order valence-corrected chi connectivity index (χ2v) is 10.6. The van der Waals surface area contributed by atoms with Gasteiger partial charge in [-0.15, -0.1) is 11.8 Å². The number of nitrogens with zero attached hydrogens (tertiary/aromatic N) is 1. The summed E-state index contributed by atoms with van der Waals surface area (Å²) in [6.45, 7) is 6.38. The number of aliphatic hydroxyl groups is 1. The minimum atomic E-state index is -0.646. The fraction of sp³-hybridized carbons (Fsp3) is 0.625. The average Bonchev–Trinajstić information content (AvgIpc) is 3.39. The number of benzene rings is 1. The van der Waals surface area contributed by atoms with Crippen molar-refractivity contribution in [2.75, 3.05) is 25.1 Å². The number of rotatable bonds is 8. The first-order chi connectivity index (χ1) is 15.4. The quantitative estimate of drug-likeness (QED) is 0.457. The molecule has 2 amide bonds. The molecule has 3 heterocycles. The van der Waals surface area contributed by atoms with Gasteiger partial charge < -0.3 is 20.1 Å². The lowest BCUT2D eigenvalue weighted by atomic mass is 9.71. The maximum absolute atomic E-state index is 13.8. The van der Waals surface area contributed by atoms with Crippen LogP contribution in [-0.4, -0.2) is 63.6 Å².